The highest BCUT2D eigenvalue weighted by molar-refractivity contribution is 5.92. The normalized spacial score (nSPS) is 13.9. The molecule has 0 bridgehead atoms. The monoisotopic (exact) mass is 419 g/mol. The number of rotatable bonds is 11. The maximum atomic E-state index is 12.5. The summed E-state index contributed by atoms with van der Waals surface area (Å²) < 4.78 is 0. The zero-order chi connectivity index (χ0) is 22.3. The Morgan fingerprint density at radius 1 is 1.07 bits per heavy atom. The number of primary amides is 1. The fourth-order valence-electron chi connectivity index (χ4n) is 2.92. The van der Waals surface area contributed by atoms with E-state index in [0.717, 1.165) is 16.5 Å². The van der Waals surface area contributed by atoms with Gasteiger partial charge in [0.05, 0.1) is 12.6 Å². The molecule has 30 heavy (non-hydrogen) atoms. The third-order valence-corrected chi connectivity index (χ3v) is 4.56. The average Bonchev–Trinajstić information content (AvgIpc) is 3.11. The molecule has 1 aromatic carbocycles. The van der Waals surface area contributed by atoms with E-state index in [1.165, 1.54) is 0 Å². The van der Waals surface area contributed by atoms with Crippen LogP contribution in [0.4, 0.5) is 0 Å². The number of hydrogen-bond acceptors (Lipinski definition) is 6. The van der Waals surface area contributed by atoms with Crippen molar-refractivity contribution >= 4 is 34.6 Å². The van der Waals surface area contributed by atoms with Crippen molar-refractivity contribution in [3.8, 4) is 0 Å². The van der Waals surface area contributed by atoms with Gasteiger partial charge < -0.3 is 37.3 Å². The summed E-state index contributed by atoms with van der Waals surface area (Å²) in [4.78, 5) is 50.1. The van der Waals surface area contributed by atoms with Crippen molar-refractivity contribution in [3.63, 3.8) is 0 Å². The van der Waals surface area contributed by atoms with Crippen molar-refractivity contribution in [2.45, 2.75) is 37.4 Å². The number of H-pyrrole nitrogens is 1. The number of aromatic amines is 1. The Balaban J connectivity index is 2.07. The predicted molar refractivity (Wildman–Crippen MR) is 107 cm³/mol. The van der Waals surface area contributed by atoms with Crippen LogP contribution in [-0.2, 0) is 25.6 Å². The van der Waals surface area contributed by atoms with Crippen LogP contribution in [0.25, 0.3) is 10.9 Å². The summed E-state index contributed by atoms with van der Waals surface area (Å²) in [5, 5.41) is 23.5. The Kier molecular flexibility index (Phi) is 7.90. The highest BCUT2D eigenvalue weighted by Gasteiger charge is 2.28. The van der Waals surface area contributed by atoms with E-state index in [4.69, 9.17) is 21.7 Å². The minimum atomic E-state index is -1.55. The molecule has 2 rings (SSSR count). The molecule has 0 aliphatic carbocycles. The Hall–Kier alpha value is -3.44. The fraction of sp³-hybridized carbons (Fsp3) is 0.368. The summed E-state index contributed by atoms with van der Waals surface area (Å²) in [5.41, 5.74) is 12.8. The lowest BCUT2D eigenvalue weighted by atomic mass is 10.0. The Bertz CT molecular complexity index is 927. The van der Waals surface area contributed by atoms with E-state index in [1.54, 1.807) is 6.20 Å². The second kappa shape index (κ2) is 10.4. The van der Waals surface area contributed by atoms with Crippen molar-refractivity contribution in [2.75, 3.05) is 6.61 Å². The summed E-state index contributed by atoms with van der Waals surface area (Å²) in [6.45, 7) is -0.836. The number of carboxylic acids is 1. The smallest absolute Gasteiger partial charge is 0.328 e. The van der Waals surface area contributed by atoms with Crippen LogP contribution in [-0.4, -0.2) is 63.6 Å². The largest absolute Gasteiger partial charge is 0.480 e. The zero-order valence-corrected chi connectivity index (χ0v) is 16.1. The van der Waals surface area contributed by atoms with Crippen molar-refractivity contribution in [3.05, 3.63) is 36.0 Å². The van der Waals surface area contributed by atoms with Crippen molar-refractivity contribution in [1.82, 2.24) is 15.6 Å². The first-order valence-corrected chi connectivity index (χ1v) is 9.26. The van der Waals surface area contributed by atoms with E-state index in [-0.39, 0.29) is 19.3 Å². The van der Waals surface area contributed by atoms with Crippen LogP contribution in [0.1, 0.15) is 18.4 Å². The van der Waals surface area contributed by atoms with Crippen LogP contribution in [0, 0.1) is 0 Å². The van der Waals surface area contributed by atoms with E-state index in [1.807, 2.05) is 24.3 Å². The first-order valence-electron chi connectivity index (χ1n) is 9.26. The number of aliphatic carboxylic acids is 1. The number of aliphatic hydroxyl groups is 1. The summed E-state index contributed by atoms with van der Waals surface area (Å²) >= 11 is 0. The number of amides is 3. The molecule has 2 aromatic rings. The number of carbonyl (C=O) groups is 4. The third-order valence-electron chi connectivity index (χ3n) is 4.56. The molecule has 3 unspecified atom stereocenters. The van der Waals surface area contributed by atoms with Gasteiger partial charge in [0.1, 0.15) is 12.1 Å². The highest BCUT2D eigenvalue weighted by atomic mass is 16.4. The molecule has 3 amide bonds. The molecule has 0 aliphatic rings. The van der Waals surface area contributed by atoms with Crippen LogP contribution in [0.2, 0.25) is 0 Å². The van der Waals surface area contributed by atoms with Gasteiger partial charge in [0.25, 0.3) is 0 Å². The SMILES string of the molecule is NC(=O)CCC(NC(=O)C(N)Cc1c[nH]c2ccccc12)C(=O)NC(CO)C(=O)O. The summed E-state index contributed by atoms with van der Waals surface area (Å²) in [6.07, 6.45) is 1.57. The van der Waals surface area contributed by atoms with Gasteiger partial charge in [-0.1, -0.05) is 18.2 Å². The molecule has 162 valence electrons. The van der Waals surface area contributed by atoms with Crippen LogP contribution >= 0.6 is 0 Å². The molecular formula is C19H25N5O6. The molecular weight excluding hydrogens is 394 g/mol. The Labute approximate surface area is 171 Å². The lowest BCUT2D eigenvalue weighted by Gasteiger charge is -2.22. The fourth-order valence-corrected chi connectivity index (χ4v) is 2.92. The second-order valence-corrected chi connectivity index (χ2v) is 6.82. The zero-order valence-electron chi connectivity index (χ0n) is 16.1. The molecule has 0 spiro atoms. The van der Waals surface area contributed by atoms with Crippen molar-refractivity contribution in [1.29, 1.82) is 0 Å². The molecule has 1 heterocycles. The highest BCUT2D eigenvalue weighted by Crippen LogP contribution is 2.18. The van der Waals surface area contributed by atoms with Crippen molar-refractivity contribution < 1.29 is 29.4 Å². The lowest BCUT2D eigenvalue weighted by Crippen LogP contribution is -2.55. The molecule has 0 fully saturated rings. The van der Waals surface area contributed by atoms with E-state index in [0.29, 0.717) is 0 Å². The van der Waals surface area contributed by atoms with Crippen LogP contribution in [0.3, 0.4) is 0 Å². The summed E-state index contributed by atoms with van der Waals surface area (Å²) in [6, 6.07) is 3.70. The molecule has 1 aromatic heterocycles. The molecule has 0 saturated heterocycles. The Morgan fingerprint density at radius 2 is 1.73 bits per heavy atom. The maximum Gasteiger partial charge on any atom is 0.328 e. The topological polar surface area (TPSA) is 201 Å². The summed E-state index contributed by atoms with van der Waals surface area (Å²) in [7, 11) is 0. The predicted octanol–water partition coefficient (Wildman–Crippen LogP) is -1.65. The molecule has 3 atom stereocenters. The second-order valence-electron chi connectivity index (χ2n) is 6.82. The van der Waals surface area contributed by atoms with Gasteiger partial charge in [0.15, 0.2) is 0 Å². The number of nitrogens with one attached hydrogen (secondary N) is 3. The van der Waals surface area contributed by atoms with E-state index in [2.05, 4.69) is 15.6 Å². The molecule has 0 radical (unpaired) electrons. The molecule has 11 heteroatoms. The number of hydrogen-bond donors (Lipinski definition) is 7. The average molecular weight is 419 g/mol. The van der Waals surface area contributed by atoms with Gasteiger partial charge in [0, 0.05) is 23.5 Å². The quantitative estimate of drug-likeness (QED) is 0.226. The number of fused-ring (bicyclic) bond motifs is 1. The lowest BCUT2D eigenvalue weighted by molar-refractivity contribution is -0.143. The number of carbonyl (C=O) groups excluding carboxylic acids is 3. The minimum absolute atomic E-state index is 0.148. The number of nitrogens with two attached hydrogens (primary N) is 2. The molecule has 0 aliphatic heterocycles. The van der Waals surface area contributed by atoms with Gasteiger partial charge >= 0.3 is 5.97 Å². The van der Waals surface area contributed by atoms with Gasteiger partial charge in [-0.3, -0.25) is 14.4 Å². The Morgan fingerprint density at radius 3 is 2.37 bits per heavy atom. The van der Waals surface area contributed by atoms with Crippen LogP contribution < -0.4 is 22.1 Å². The number of carboxylic acid groups (broad SMARTS) is 1. The standard InChI is InChI=1S/C19H25N5O6/c20-12(7-10-8-22-13-4-2-1-3-11(10)13)17(27)23-14(5-6-16(21)26)18(28)24-15(9-25)19(29)30/h1-4,8,12,14-15,22,25H,5-7,9,20H2,(H2,21,26)(H,23,27)(H,24,28)(H,29,30). The van der Waals surface area contributed by atoms with Gasteiger partial charge in [-0.15, -0.1) is 0 Å². The number of benzene rings is 1. The first kappa shape index (κ1) is 22.8. The number of aromatic nitrogens is 1. The third kappa shape index (κ3) is 6.03. The van der Waals surface area contributed by atoms with E-state index >= 15 is 0 Å². The summed E-state index contributed by atoms with van der Waals surface area (Å²) in [5.74, 6) is -3.66. The van der Waals surface area contributed by atoms with E-state index in [9.17, 15) is 19.2 Å². The van der Waals surface area contributed by atoms with Gasteiger partial charge in [-0.25, -0.2) is 4.79 Å². The molecule has 9 N–H and O–H groups in total. The minimum Gasteiger partial charge on any atom is -0.480 e. The number of aliphatic hydroxyl groups excluding tert-OH is 1. The maximum absolute atomic E-state index is 12.5. The van der Waals surface area contributed by atoms with Crippen LogP contribution in [0.5, 0.6) is 0 Å². The van der Waals surface area contributed by atoms with Crippen LogP contribution in [0.15, 0.2) is 30.5 Å². The van der Waals surface area contributed by atoms with Crippen molar-refractivity contribution in [2.24, 2.45) is 11.5 Å². The van der Waals surface area contributed by atoms with Gasteiger partial charge in [0.2, 0.25) is 17.7 Å². The number of para-hydroxylation sites is 1. The van der Waals surface area contributed by atoms with Gasteiger partial charge in [-0.05, 0) is 24.5 Å². The van der Waals surface area contributed by atoms with E-state index < -0.39 is 48.4 Å². The molecule has 11 nitrogen and oxygen atoms in total. The van der Waals surface area contributed by atoms with Gasteiger partial charge in [-0.2, -0.15) is 0 Å². The molecule has 0 saturated carbocycles. The first-order chi connectivity index (χ1) is 14.2.